The van der Waals surface area contributed by atoms with Gasteiger partial charge in [0.15, 0.2) is 9.84 Å². The highest BCUT2D eigenvalue weighted by Crippen LogP contribution is 2.17. The van der Waals surface area contributed by atoms with Crippen LogP contribution in [0.1, 0.15) is 51.4 Å². The van der Waals surface area contributed by atoms with Gasteiger partial charge in [0, 0.05) is 25.0 Å². The van der Waals surface area contributed by atoms with E-state index < -0.39 is 9.84 Å². The van der Waals surface area contributed by atoms with Gasteiger partial charge >= 0.3 is 0 Å². The molecule has 0 spiro atoms. The Labute approximate surface area is 121 Å². The number of hydrogen-bond acceptors (Lipinski definition) is 4. The van der Waals surface area contributed by atoms with Gasteiger partial charge in [-0.05, 0) is 19.3 Å². The normalized spacial score (nSPS) is 27.1. The molecule has 1 aliphatic heterocycles. The third-order valence-corrected chi connectivity index (χ3v) is 6.01. The molecule has 1 saturated carbocycles. The second kappa shape index (κ2) is 7.41. The first-order valence-corrected chi connectivity index (χ1v) is 9.60. The number of carbonyl (C=O) groups is 1. The zero-order chi connectivity index (χ0) is 14.4. The highest BCUT2D eigenvalue weighted by Gasteiger charge is 2.28. The largest absolute Gasteiger partial charge is 0.352 e. The van der Waals surface area contributed by atoms with Crippen LogP contribution in [0.25, 0.3) is 0 Å². The van der Waals surface area contributed by atoms with Gasteiger partial charge in [0.1, 0.15) is 0 Å². The summed E-state index contributed by atoms with van der Waals surface area (Å²) >= 11 is 0. The summed E-state index contributed by atoms with van der Waals surface area (Å²) in [6.07, 6.45) is 8.64. The summed E-state index contributed by atoms with van der Waals surface area (Å²) in [5, 5.41) is 6.28. The van der Waals surface area contributed by atoms with Crippen LogP contribution in [0.5, 0.6) is 0 Å². The first-order valence-electron chi connectivity index (χ1n) is 7.78. The predicted molar refractivity (Wildman–Crippen MR) is 79.3 cm³/mol. The van der Waals surface area contributed by atoms with Crippen LogP contribution in [0, 0.1) is 0 Å². The maximum Gasteiger partial charge on any atom is 0.221 e. The van der Waals surface area contributed by atoms with Gasteiger partial charge in [0.05, 0.1) is 11.5 Å². The van der Waals surface area contributed by atoms with Gasteiger partial charge in [0.2, 0.25) is 5.91 Å². The maximum absolute atomic E-state index is 11.8. The molecule has 2 rings (SSSR count). The molecule has 0 aromatic carbocycles. The fourth-order valence-corrected chi connectivity index (χ4v) is 4.76. The molecule has 0 aromatic heterocycles. The van der Waals surface area contributed by atoms with Crippen LogP contribution in [-0.4, -0.2) is 44.5 Å². The molecule has 2 N–H and O–H groups in total. The third-order valence-electron chi connectivity index (χ3n) is 4.24. The van der Waals surface area contributed by atoms with E-state index in [-0.39, 0.29) is 23.5 Å². The van der Waals surface area contributed by atoms with Crippen molar-refractivity contribution in [3.05, 3.63) is 0 Å². The van der Waals surface area contributed by atoms with E-state index in [1.54, 1.807) is 0 Å². The van der Waals surface area contributed by atoms with Crippen molar-refractivity contribution in [1.29, 1.82) is 0 Å². The molecule has 1 heterocycles. The predicted octanol–water partition coefficient (Wildman–Crippen LogP) is 0.992. The van der Waals surface area contributed by atoms with E-state index in [0.717, 1.165) is 0 Å². The smallest absolute Gasteiger partial charge is 0.221 e. The van der Waals surface area contributed by atoms with E-state index >= 15 is 0 Å². The monoisotopic (exact) mass is 302 g/mol. The van der Waals surface area contributed by atoms with Crippen molar-refractivity contribution in [3.8, 4) is 0 Å². The molecule has 2 fully saturated rings. The summed E-state index contributed by atoms with van der Waals surface area (Å²) in [5.41, 5.74) is 0. The number of nitrogens with one attached hydrogen (secondary N) is 2. The van der Waals surface area contributed by atoms with Gasteiger partial charge in [-0.3, -0.25) is 4.79 Å². The van der Waals surface area contributed by atoms with Crippen molar-refractivity contribution >= 4 is 15.7 Å². The molecular formula is C14H26N2O3S. The second-order valence-corrected chi connectivity index (χ2v) is 8.29. The van der Waals surface area contributed by atoms with Gasteiger partial charge in [0.25, 0.3) is 0 Å². The Hall–Kier alpha value is -0.620. The van der Waals surface area contributed by atoms with Crippen molar-refractivity contribution in [2.45, 2.75) is 63.5 Å². The topological polar surface area (TPSA) is 75.3 Å². The van der Waals surface area contributed by atoms with E-state index in [4.69, 9.17) is 0 Å². The summed E-state index contributed by atoms with van der Waals surface area (Å²) in [7, 11) is -2.91. The lowest BCUT2D eigenvalue weighted by atomic mass is 10.1. The lowest BCUT2D eigenvalue weighted by Gasteiger charge is -2.16. The van der Waals surface area contributed by atoms with Crippen molar-refractivity contribution in [1.82, 2.24) is 10.6 Å². The highest BCUT2D eigenvalue weighted by molar-refractivity contribution is 7.91. The average Bonchev–Trinajstić information content (AvgIpc) is 2.60. The maximum atomic E-state index is 11.8. The fraction of sp³-hybridized carbons (Fsp3) is 0.929. The summed E-state index contributed by atoms with van der Waals surface area (Å²) < 4.78 is 22.6. The van der Waals surface area contributed by atoms with Crippen LogP contribution in [0.2, 0.25) is 0 Å². The van der Waals surface area contributed by atoms with Crippen molar-refractivity contribution < 1.29 is 13.2 Å². The van der Waals surface area contributed by atoms with E-state index in [1.165, 1.54) is 38.5 Å². The number of carbonyl (C=O) groups excluding carboxylic acids is 1. The molecule has 0 radical (unpaired) electrons. The molecule has 1 saturated heterocycles. The van der Waals surface area contributed by atoms with Crippen LogP contribution in [0.15, 0.2) is 0 Å². The van der Waals surface area contributed by atoms with Crippen LogP contribution < -0.4 is 10.6 Å². The number of hydrogen-bond donors (Lipinski definition) is 2. The molecule has 1 aliphatic carbocycles. The summed E-state index contributed by atoms with van der Waals surface area (Å²) in [6, 6.07) is 0.377. The highest BCUT2D eigenvalue weighted by atomic mass is 32.2. The lowest BCUT2D eigenvalue weighted by Crippen LogP contribution is -2.38. The SMILES string of the molecule is O=C(CCNC1CCCCCC1)NC1CCS(=O)(=O)C1. The minimum atomic E-state index is -2.91. The zero-order valence-electron chi connectivity index (χ0n) is 12.1. The van der Waals surface area contributed by atoms with Gasteiger partial charge in [-0.15, -0.1) is 0 Å². The number of rotatable bonds is 5. The van der Waals surface area contributed by atoms with E-state index in [2.05, 4.69) is 10.6 Å². The molecule has 20 heavy (non-hydrogen) atoms. The van der Waals surface area contributed by atoms with Gasteiger partial charge in [-0.1, -0.05) is 25.7 Å². The van der Waals surface area contributed by atoms with E-state index in [1.807, 2.05) is 0 Å². The van der Waals surface area contributed by atoms with Gasteiger partial charge < -0.3 is 10.6 Å². The van der Waals surface area contributed by atoms with Crippen LogP contribution in [0.3, 0.4) is 0 Å². The second-order valence-electron chi connectivity index (χ2n) is 6.06. The molecule has 1 atom stereocenters. The zero-order valence-corrected chi connectivity index (χ0v) is 12.9. The van der Waals surface area contributed by atoms with Crippen LogP contribution in [0.4, 0.5) is 0 Å². The Morgan fingerprint density at radius 2 is 1.70 bits per heavy atom. The summed E-state index contributed by atoms with van der Waals surface area (Å²) in [5.74, 6) is 0.279. The van der Waals surface area contributed by atoms with Crippen LogP contribution >= 0.6 is 0 Å². The molecule has 0 bridgehead atoms. The Morgan fingerprint density at radius 3 is 2.30 bits per heavy atom. The van der Waals surface area contributed by atoms with Crippen LogP contribution in [-0.2, 0) is 14.6 Å². The summed E-state index contributed by atoms with van der Waals surface area (Å²) in [6.45, 7) is 0.690. The van der Waals surface area contributed by atoms with Crippen molar-refractivity contribution in [2.24, 2.45) is 0 Å². The van der Waals surface area contributed by atoms with Gasteiger partial charge in [-0.2, -0.15) is 0 Å². The Morgan fingerprint density at radius 1 is 1.00 bits per heavy atom. The number of sulfone groups is 1. The Balaban J connectivity index is 1.60. The number of amides is 1. The molecule has 1 amide bonds. The molecule has 0 aromatic rings. The van der Waals surface area contributed by atoms with E-state index in [9.17, 15) is 13.2 Å². The van der Waals surface area contributed by atoms with Gasteiger partial charge in [-0.25, -0.2) is 8.42 Å². The average molecular weight is 302 g/mol. The minimum Gasteiger partial charge on any atom is -0.352 e. The molecular weight excluding hydrogens is 276 g/mol. The standard InChI is InChI=1S/C14H26N2O3S/c17-14(16-13-8-10-20(18,19)11-13)7-9-15-12-5-3-1-2-4-6-12/h12-13,15H,1-11H2,(H,16,17). The van der Waals surface area contributed by atoms with E-state index in [0.29, 0.717) is 25.4 Å². The van der Waals surface area contributed by atoms with Crippen molar-refractivity contribution in [2.75, 3.05) is 18.1 Å². The Kier molecular flexibility index (Phi) is 5.84. The molecule has 2 aliphatic rings. The first kappa shape index (κ1) is 15.8. The summed E-state index contributed by atoms with van der Waals surface area (Å²) in [4.78, 5) is 11.8. The lowest BCUT2D eigenvalue weighted by molar-refractivity contribution is -0.121. The fourth-order valence-electron chi connectivity index (χ4n) is 3.08. The first-order chi connectivity index (χ1) is 9.55. The molecule has 1 unspecified atom stereocenters. The quantitative estimate of drug-likeness (QED) is 0.743. The van der Waals surface area contributed by atoms with Crippen molar-refractivity contribution in [3.63, 3.8) is 0 Å². The molecule has 5 nitrogen and oxygen atoms in total. The molecule has 116 valence electrons. The minimum absolute atomic E-state index is 0.0341. The molecule has 6 heteroatoms. The Bertz CT molecular complexity index is 414. The third kappa shape index (κ3) is 5.40.